The Balaban J connectivity index is 2.00. The Morgan fingerprint density at radius 2 is 1.95 bits per heavy atom. The van der Waals surface area contributed by atoms with Crippen LogP contribution in [0, 0.1) is 5.82 Å². The highest BCUT2D eigenvalue weighted by molar-refractivity contribution is 5.87. The lowest BCUT2D eigenvalue weighted by Gasteiger charge is -2.14. The second kappa shape index (κ2) is 6.09. The fourth-order valence-electron chi connectivity index (χ4n) is 2.67. The number of anilines is 1. The number of nitrogens with one attached hydrogen (secondary N) is 1. The topological polar surface area (TPSA) is 75.1 Å². The van der Waals surface area contributed by atoms with E-state index in [-0.39, 0.29) is 23.1 Å². The van der Waals surface area contributed by atoms with Crippen LogP contribution in [0.3, 0.4) is 0 Å². The van der Waals surface area contributed by atoms with E-state index < -0.39 is 11.8 Å². The van der Waals surface area contributed by atoms with Gasteiger partial charge in [-0.1, -0.05) is 25.0 Å². The molecule has 0 atom stereocenters. The second-order valence-corrected chi connectivity index (χ2v) is 5.37. The number of aromatic nitrogens is 2. The summed E-state index contributed by atoms with van der Waals surface area (Å²) in [5.74, 6) is -1.12. The molecule has 114 valence electrons. The molecule has 0 bridgehead atoms. The highest BCUT2D eigenvalue weighted by Crippen LogP contribution is 2.24. The molecule has 1 heterocycles. The first kappa shape index (κ1) is 14.4. The number of rotatable bonds is 4. The lowest BCUT2D eigenvalue weighted by atomic mass is 10.2. The predicted molar refractivity (Wildman–Crippen MR) is 80.3 cm³/mol. The summed E-state index contributed by atoms with van der Waals surface area (Å²) in [5, 5.41) is 12.4. The van der Waals surface area contributed by atoms with E-state index >= 15 is 0 Å². The van der Waals surface area contributed by atoms with E-state index in [4.69, 9.17) is 0 Å². The highest BCUT2D eigenvalue weighted by Gasteiger charge is 2.18. The number of benzene rings is 1. The normalized spacial score (nSPS) is 15.0. The van der Waals surface area contributed by atoms with Crippen molar-refractivity contribution in [2.24, 2.45) is 0 Å². The SMILES string of the molecule is O=C(O)c1cc(NC2CCCC2)nc(-c2ccccc2F)n1. The van der Waals surface area contributed by atoms with Gasteiger partial charge in [0.15, 0.2) is 11.5 Å². The first-order valence-corrected chi connectivity index (χ1v) is 7.27. The average molecular weight is 301 g/mol. The number of hydrogen-bond acceptors (Lipinski definition) is 4. The lowest BCUT2D eigenvalue weighted by Crippen LogP contribution is -2.17. The number of aromatic carboxylic acids is 1. The van der Waals surface area contributed by atoms with Gasteiger partial charge in [-0.2, -0.15) is 0 Å². The van der Waals surface area contributed by atoms with Crippen LogP contribution in [0.2, 0.25) is 0 Å². The van der Waals surface area contributed by atoms with Crippen LogP contribution in [0.4, 0.5) is 10.2 Å². The van der Waals surface area contributed by atoms with E-state index in [0.29, 0.717) is 5.82 Å². The number of carboxylic acid groups (broad SMARTS) is 1. The third-order valence-electron chi connectivity index (χ3n) is 3.77. The number of halogens is 1. The van der Waals surface area contributed by atoms with Gasteiger partial charge in [0.2, 0.25) is 0 Å². The maximum atomic E-state index is 13.9. The molecule has 22 heavy (non-hydrogen) atoms. The van der Waals surface area contributed by atoms with Crippen LogP contribution in [0.5, 0.6) is 0 Å². The minimum absolute atomic E-state index is 0.0819. The van der Waals surface area contributed by atoms with Gasteiger partial charge in [-0.15, -0.1) is 0 Å². The molecule has 0 saturated heterocycles. The van der Waals surface area contributed by atoms with Gasteiger partial charge in [-0.25, -0.2) is 19.2 Å². The highest BCUT2D eigenvalue weighted by atomic mass is 19.1. The Labute approximate surface area is 127 Å². The van der Waals surface area contributed by atoms with Crippen molar-refractivity contribution >= 4 is 11.8 Å². The van der Waals surface area contributed by atoms with Crippen LogP contribution in [-0.2, 0) is 0 Å². The zero-order valence-electron chi connectivity index (χ0n) is 11.9. The molecule has 1 saturated carbocycles. The average Bonchev–Trinajstić information content (AvgIpc) is 3.00. The smallest absolute Gasteiger partial charge is 0.354 e. The molecule has 0 radical (unpaired) electrons. The molecular weight excluding hydrogens is 285 g/mol. The fraction of sp³-hybridized carbons (Fsp3) is 0.312. The predicted octanol–water partition coefficient (Wildman–Crippen LogP) is 3.34. The zero-order valence-corrected chi connectivity index (χ0v) is 11.9. The first-order valence-electron chi connectivity index (χ1n) is 7.27. The summed E-state index contributed by atoms with van der Waals surface area (Å²) in [7, 11) is 0. The molecular formula is C16H16FN3O2. The second-order valence-electron chi connectivity index (χ2n) is 5.37. The third kappa shape index (κ3) is 3.05. The van der Waals surface area contributed by atoms with E-state index in [0.717, 1.165) is 25.7 Å². The van der Waals surface area contributed by atoms with Crippen molar-refractivity contribution in [3.05, 3.63) is 41.8 Å². The number of hydrogen-bond donors (Lipinski definition) is 2. The summed E-state index contributed by atoms with van der Waals surface area (Å²) in [6, 6.07) is 7.75. The molecule has 3 rings (SSSR count). The van der Waals surface area contributed by atoms with Crippen LogP contribution < -0.4 is 5.32 Å². The Bertz CT molecular complexity index is 700. The van der Waals surface area contributed by atoms with Gasteiger partial charge in [0.1, 0.15) is 11.6 Å². The summed E-state index contributed by atoms with van der Waals surface area (Å²) in [6.07, 6.45) is 4.35. The molecule has 2 N–H and O–H groups in total. The van der Waals surface area contributed by atoms with Gasteiger partial charge in [-0.3, -0.25) is 0 Å². The van der Waals surface area contributed by atoms with Crippen LogP contribution in [0.25, 0.3) is 11.4 Å². The van der Waals surface area contributed by atoms with E-state index in [1.54, 1.807) is 12.1 Å². The molecule has 0 aliphatic heterocycles. The maximum absolute atomic E-state index is 13.9. The molecule has 1 aromatic carbocycles. The van der Waals surface area contributed by atoms with Crippen LogP contribution in [0.15, 0.2) is 30.3 Å². The Morgan fingerprint density at radius 3 is 2.64 bits per heavy atom. The molecule has 0 amide bonds. The Hall–Kier alpha value is -2.50. The lowest BCUT2D eigenvalue weighted by molar-refractivity contribution is 0.0690. The maximum Gasteiger partial charge on any atom is 0.354 e. The van der Waals surface area contributed by atoms with Crippen LogP contribution in [0.1, 0.15) is 36.2 Å². The van der Waals surface area contributed by atoms with Crippen molar-refractivity contribution in [2.75, 3.05) is 5.32 Å². The Kier molecular flexibility index (Phi) is 4.00. The van der Waals surface area contributed by atoms with Gasteiger partial charge in [0.25, 0.3) is 0 Å². The monoisotopic (exact) mass is 301 g/mol. The number of carbonyl (C=O) groups is 1. The largest absolute Gasteiger partial charge is 0.477 e. The fourth-order valence-corrected chi connectivity index (χ4v) is 2.67. The molecule has 1 aromatic heterocycles. The van der Waals surface area contributed by atoms with Crippen molar-refractivity contribution in [1.82, 2.24) is 9.97 Å². The van der Waals surface area contributed by atoms with Gasteiger partial charge >= 0.3 is 5.97 Å². The van der Waals surface area contributed by atoms with E-state index in [1.165, 1.54) is 18.2 Å². The van der Waals surface area contributed by atoms with Crippen molar-refractivity contribution in [3.8, 4) is 11.4 Å². The molecule has 1 aliphatic rings. The van der Waals surface area contributed by atoms with E-state index in [9.17, 15) is 14.3 Å². The minimum atomic E-state index is -1.16. The molecule has 2 aromatic rings. The van der Waals surface area contributed by atoms with Crippen molar-refractivity contribution < 1.29 is 14.3 Å². The summed E-state index contributed by atoms with van der Waals surface area (Å²) >= 11 is 0. The summed E-state index contributed by atoms with van der Waals surface area (Å²) in [4.78, 5) is 19.5. The molecule has 0 unspecified atom stereocenters. The van der Waals surface area contributed by atoms with Gasteiger partial charge in [-0.05, 0) is 25.0 Å². The standard InChI is InChI=1S/C16H16FN3O2/c17-12-8-4-3-7-11(12)15-19-13(16(21)22)9-14(20-15)18-10-5-1-2-6-10/h3-4,7-10H,1-2,5-6H2,(H,21,22)(H,18,19,20). The summed E-state index contributed by atoms with van der Waals surface area (Å²) in [6.45, 7) is 0. The zero-order chi connectivity index (χ0) is 15.5. The van der Waals surface area contributed by atoms with Crippen molar-refractivity contribution in [2.45, 2.75) is 31.7 Å². The molecule has 0 spiro atoms. The molecule has 5 nitrogen and oxygen atoms in total. The number of nitrogens with zero attached hydrogens (tertiary/aromatic N) is 2. The van der Waals surface area contributed by atoms with Gasteiger partial charge < -0.3 is 10.4 Å². The number of carboxylic acids is 1. The van der Waals surface area contributed by atoms with E-state index in [2.05, 4.69) is 15.3 Å². The molecule has 1 fully saturated rings. The summed E-state index contributed by atoms with van der Waals surface area (Å²) in [5.41, 5.74) is 0.0498. The summed E-state index contributed by atoms with van der Waals surface area (Å²) < 4.78 is 13.9. The van der Waals surface area contributed by atoms with Crippen molar-refractivity contribution in [3.63, 3.8) is 0 Å². The van der Waals surface area contributed by atoms with Gasteiger partial charge in [0.05, 0.1) is 5.56 Å². The third-order valence-corrected chi connectivity index (χ3v) is 3.77. The quantitative estimate of drug-likeness (QED) is 0.906. The van der Waals surface area contributed by atoms with Gasteiger partial charge in [0, 0.05) is 12.1 Å². The van der Waals surface area contributed by atoms with Crippen molar-refractivity contribution in [1.29, 1.82) is 0 Å². The van der Waals surface area contributed by atoms with Crippen LogP contribution in [-0.4, -0.2) is 27.1 Å². The van der Waals surface area contributed by atoms with E-state index in [1.807, 2.05) is 0 Å². The van der Waals surface area contributed by atoms with Crippen LogP contribution >= 0.6 is 0 Å². The molecule has 6 heteroatoms. The minimum Gasteiger partial charge on any atom is -0.477 e. The molecule has 1 aliphatic carbocycles. The first-order chi connectivity index (χ1) is 10.6. The Morgan fingerprint density at radius 1 is 1.23 bits per heavy atom.